The minimum atomic E-state index is -4.50. The van der Waals surface area contributed by atoms with Gasteiger partial charge < -0.3 is 9.64 Å². The number of carbonyl (C=O) groups is 1. The summed E-state index contributed by atoms with van der Waals surface area (Å²) in [6.45, 7) is 3.26. The van der Waals surface area contributed by atoms with E-state index >= 15 is 0 Å². The van der Waals surface area contributed by atoms with Gasteiger partial charge in [-0.25, -0.2) is 22.7 Å². The lowest BCUT2D eigenvalue weighted by atomic mass is 10.3. The van der Waals surface area contributed by atoms with Gasteiger partial charge in [-0.3, -0.25) is 10.0 Å². The minimum absolute atomic E-state index is 0.0920. The van der Waals surface area contributed by atoms with Gasteiger partial charge in [0.05, 0.1) is 11.4 Å². The smallest absolute Gasteiger partial charge is 0.258 e. The predicted molar refractivity (Wildman–Crippen MR) is 114 cm³/mol. The molecule has 32 heavy (non-hydrogen) atoms. The zero-order chi connectivity index (χ0) is 23.9. The van der Waals surface area contributed by atoms with Crippen LogP contribution in [0.25, 0.3) is 0 Å². The number of hydrogen-bond donors (Lipinski definition) is 2. The Morgan fingerprint density at radius 3 is 2.34 bits per heavy atom. The van der Waals surface area contributed by atoms with E-state index in [1.54, 1.807) is 18.0 Å². The molecule has 0 aliphatic heterocycles. The molecule has 1 amide bonds. The molecule has 0 unspecified atom stereocenters. The highest BCUT2D eigenvalue weighted by Gasteiger charge is 2.29. The van der Waals surface area contributed by atoms with Gasteiger partial charge in [0.25, 0.3) is 5.91 Å². The number of sulfonamides is 1. The average molecular weight is 490 g/mol. The summed E-state index contributed by atoms with van der Waals surface area (Å²) in [5.74, 6) is -4.22. The third kappa shape index (κ3) is 6.71. The van der Waals surface area contributed by atoms with Crippen molar-refractivity contribution in [3.8, 4) is 11.5 Å². The van der Waals surface area contributed by atoms with Crippen molar-refractivity contribution in [3.63, 3.8) is 0 Å². The number of likely N-dealkylation sites (N-methyl/N-ethyl adjacent to an activating group) is 1. The number of amides is 1. The molecular weight excluding hydrogens is 468 g/mol. The molecule has 0 heterocycles. The number of ether oxygens (including phenoxy) is 1. The number of nitrogens with zero attached hydrogens (tertiary/aromatic N) is 2. The molecule has 12 heteroatoms. The van der Waals surface area contributed by atoms with Crippen molar-refractivity contribution in [3.05, 3.63) is 65.7 Å². The number of hydrogen-bond acceptors (Lipinski definition) is 6. The summed E-state index contributed by atoms with van der Waals surface area (Å²) in [6.07, 6.45) is 1.60. The largest absolute Gasteiger partial charge is 0.451 e. The fraction of sp³-hybridized carbons (Fsp3) is 0.250. The molecule has 0 aromatic heterocycles. The van der Waals surface area contributed by atoms with E-state index in [0.29, 0.717) is 28.0 Å². The average Bonchev–Trinajstić information content (AvgIpc) is 2.74. The van der Waals surface area contributed by atoms with Crippen molar-refractivity contribution in [2.24, 2.45) is 0 Å². The molecule has 0 radical (unpaired) electrons. The monoisotopic (exact) mass is 489 g/mol. The highest BCUT2D eigenvalue weighted by Crippen LogP contribution is 2.31. The summed E-state index contributed by atoms with van der Waals surface area (Å²) in [5.41, 5.74) is 1.34. The Labute approximate surface area is 189 Å². The zero-order valence-electron chi connectivity index (χ0n) is 17.1. The third-order valence-corrected chi connectivity index (χ3v) is 6.33. The van der Waals surface area contributed by atoms with E-state index in [9.17, 15) is 22.0 Å². The van der Waals surface area contributed by atoms with Crippen molar-refractivity contribution >= 4 is 27.5 Å². The second-order valence-corrected chi connectivity index (χ2v) is 9.07. The van der Waals surface area contributed by atoms with E-state index in [0.717, 1.165) is 0 Å². The fourth-order valence-electron chi connectivity index (χ4n) is 2.63. The van der Waals surface area contributed by atoms with E-state index in [1.165, 1.54) is 29.7 Å². The van der Waals surface area contributed by atoms with Crippen LogP contribution in [0.15, 0.2) is 53.9 Å². The van der Waals surface area contributed by atoms with Crippen molar-refractivity contribution in [2.75, 3.05) is 33.2 Å². The maximum absolute atomic E-state index is 14.6. The standard InChI is InChI=1S/C20H22ClF2N3O5S/c1-3-8-25(2)9-10-26(13-19(27)24-28)32(29,30)16-11-17(22)20(18(23)12-16)31-15-6-4-14(21)5-7-15/h3-7,11-12,28H,1,8-10,13H2,2H3,(H,24,27). The van der Waals surface area contributed by atoms with Gasteiger partial charge in [-0.15, -0.1) is 6.58 Å². The summed E-state index contributed by atoms with van der Waals surface area (Å²) in [7, 11) is -2.81. The number of halogens is 3. The molecule has 0 saturated carbocycles. The van der Waals surface area contributed by atoms with Gasteiger partial charge in [-0.05, 0) is 43.4 Å². The highest BCUT2D eigenvalue weighted by molar-refractivity contribution is 7.89. The first-order valence-electron chi connectivity index (χ1n) is 9.23. The normalized spacial score (nSPS) is 11.6. The maximum atomic E-state index is 14.6. The van der Waals surface area contributed by atoms with Crippen LogP contribution in [-0.4, -0.2) is 62.0 Å². The molecule has 0 fully saturated rings. The van der Waals surface area contributed by atoms with E-state index < -0.39 is 44.8 Å². The molecule has 2 rings (SSSR count). The number of nitrogens with one attached hydrogen (secondary N) is 1. The van der Waals surface area contributed by atoms with Gasteiger partial charge in [0.15, 0.2) is 17.4 Å². The Bertz CT molecular complexity index is 1040. The first kappa shape index (κ1) is 25.7. The minimum Gasteiger partial charge on any atom is -0.451 e. The second kappa shape index (κ2) is 11.3. The van der Waals surface area contributed by atoms with Crippen molar-refractivity contribution in [2.45, 2.75) is 4.90 Å². The van der Waals surface area contributed by atoms with Crippen LogP contribution in [0.5, 0.6) is 11.5 Å². The van der Waals surface area contributed by atoms with Crippen LogP contribution in [0, 0.1) is 11.6 Å². The summed E-state index contributed by atoms with van der Waals surface area (Å²) in [5, 5.41) is 9.17. The molecule has 2 aromatic rings. The molecular formula is C20H22ClF2N3O5S. The Kier molecular flexibility index (Phi) is 9.10. The van der Waals surface area contributed by atoms with Crippen LogP contribution in [0.4, 0.5) is 8.78 Å². The SMILES string of the molecule is C=CCN(C)CCN(CC(=O)NO)S(=O)(=O)c1cc(F)c(Oc2ccc(Cl)cc2)c(F)c1. The summed E-state index contributed by atoms with van der Waals surface area (Å²) >= 11 is 5.76. The lowest BCUT2D eigenvalue weighted by Crippen LogP contribution is -2.43. The van der Waals surface area contributed by atoms with Crippen LogP contribution in [0.2, 0.25) is 5.02 Å². The highest BCUT2D eigenvalue weighted by atomic mass is 35.5. The van der Waals surface area contributed by atoms with Crippen LogP contribution >= 0.6 is 11.6 Å². The number of benzene rings is 2. The molecule has 0 atom stereocenters. The molecule has 2 N–H and O–H groups in total. The molecule has 0 spiro atoms. The summed E-state index contributed by atoms with van der Waals surface area (Å²) in [6, 6.07) is 6.89. The van der Waals surface area contributed by atoms with Crippen molar-refractivity contribution < 1.29 is 31.9 Å². The van der Waals surface area contributed by atoms with Crippen molar-refractivity contribution in [1.82, 2.24) is 14.7 Å². The Balaban J connectivity index is 2.34. The van der Waals surface area contributed by atoms with Crippen molar-refractivity contribution in [1.29, 1.82) is 0 Å². The van der Waals surface area contributed by atoms with Crippen LogP contribution in [-0.2, 0) is 14.8 Å². The van der Waals surface area contributed by atoms with Gasteiger partial charge >= 0.3 is 0 Å². The third-order valence-electron chi connectivity index (χ3n) is 4.26. The molecule has 0 bridgehead atoms. The van der Waals surface area contributed by atoms with E-state index in [2.05, 4.69) is 6.58 Å². The Morgan fingerprint density at radius 1 is 1.22 bits per heavy atom. The summed E-state index contributed by atoms with van der Waals surface area (Å²) in [4.78, 5) is 12.6. The first-order chi connectivity index (χ1) is 15.1. The van der Waals surface area contributed by atoms with Gasteiger partial charge in [0.1, 0.15) is 5.75 Å². The molecule has 174 valence electrons. The van der Waals surface area contributed by atoms with Crippen LogP contribution in [0.1, 0.15) is 0 Å². The van der Waals surface area contributed by atoms with E-state index in [-0.39, 0.29) is 18.8 Å². The number of hydroxylamine groups is 1. The lowest BCUT2D eigenvalue weighted by Gasteiger charge is -2.24. The van der Waals surface area contributed by atoms with Gasteiger partial charge in [0, 0.05) is 24.7 Å². The summed E-state index contributed by atoms with van der Waals surface area (Å²) < 4.78 is 61.1. The molecule has 0 saturated heterocycles. The van der Waals surface area contributed by atoms with Gasteiger partial charge in [0.2, 0.25) is 10.0 Å². The second-order valence-electron chi connectivity index (χ2n) is 6.70. The fourth-order valence-corrected chi connectivity index (χ4v) is 4.16. The van der Waals surface area contributed by atoms with Crippen LogP contribution < -0.4 is 10.2 Å². The van der Waals surface area contributed by atoms with Gasteiger partial charge in [-0.2, -0.15) is 4.31 Å². The van der Waals surface area contributed by atoms with Crippen LogP contribution in [0.3, 0.4) is 0 Å². The Hall–Kier alpha value is -2.57. The maximum Gasteiger partial charge on any atom is 0.258 e. The molecule has 0 aliphatic rings. The van der Waals surface area contributed by atoms with E-state index in [4.69, 9.17) is 21.5 Å². The topological polar surface area (TPSA) is 99.2 Å². The van der Waals surface area contributed by atoms with Gasteiger partial charge in [-0.1, -0.05) is 17.7 Å². The quantitative estimate of drug-likeness (QED) is 0.286. The molecule has 8 nitrogen and oxygen atoms in total. The Morgan fingerprint density at radius 2 is 1.81 bits per heavy atom. The molecule has 0 aliphatic carbocycles. The lowest BCUT2D eigenvalue weighted by molar-refractivity contribution is -0.129. The van der Waals surface area contributed by atoms with E-state index in [1.807, 2.05) is 0 Å². The number of carbonyl (C=O) groups excluding carboxylic acids is 1. The first-order valence-corrected chi connectivity index (χ1v) is 11.0. The molecule has 2 aromatic carbocycles. The zero-order valence-corrected chi connectivity index (χ0v) is 18.7. The number of rotatable bonds is 11. The predicted octanol–water partition coefficient (Wildman–Crippen LogP) is 3.02.